The number of anilines is 1. The van der Waals surface area contributed by atoms with Gasteiger partial charge in [-0.15, -0.1) is 0 Å². The topological polar surface area (TPSA) is 94.2 Å². The summed E-state index contributed by atoms with van der Waals surface area (Å²) in [5, 5.41) is 8.28. The number of aryl methyl sites for hydroxylation is 2. The number of furan rings is 1. The number of aromatic nitrogens is 2. The average Bonchev–Trinajstić information content (AvgIpc) is 3.31. The molecule has 3 heterocycles. The summed E-state index contributed by atoms with van der Waals surface area (Å²) in [5.41, 5.74) is 4.75. The Morgan fingerprint density at radius 1 is 1.30 bits per heavy atom. The Kier molecular flexibility index (Phi) is 5.22. The molecule has 0 aliphatic carbocycles. The second-order valence-corrected chi connectivity index (χ2v) is 10.7. The smallest absolute Gasteiger partial charge is 0.230 e. The summed E-state index contributed by atoms with van der Waals surface area (Å²) in [6.45, 7) is 8.19. The van der Waals surface area contributed by atoms with Crippen molar-refractivity contribution in [2.24, 2.45) is 0 Å². The summed E-state index contributed by atoms with van der Waals surface area (Å²) in [6.07, 6.45) is 2.32. The molecule has 1 amide bonds. The predicted molar refractivity (Wildman–Crippen MR) is 117 cm³/mol. The van der Waals surface area contributed by atoms with Gasteiger partial charge in [0, 0.05) is 17.0 Å². The molecular formula is C22H27N3O4S. The molecule has 3 aromatic rings. The molecule has 7 nitrogen and oxygen atoms in total. The van der Waals surface area contributed by atoms with E-state index < -0.39 is 9.84 Å². The first-order valence-corrected chi connectivity index (χ1v) is 12.0. The fourth-order valence-corrected chi connectivity index (χ4v) is 5.91. The van der Waals surface area contributed by atoms with Crippen molar-refractivity contribution >= 4 is 32.5 Å². The number of rotatable bonds is 5. The second kappa shape index (κ2) is 7.58. The lowest BCUT2D eigenvalue weighted by Gasteiger charge is -2.14. The van der Waals surface area contributed by atoms with E-state index >= 15 is 0 Å². The maximum atomic E-state index is 12.8. The van der Waals surface area contributed by atoms with Crippen LogP contribution >= 0.6 is 0 Å². The van der Waals surface area contributed by atoms with Gasteiger partial charge < -0.3 is 9.73 Å². The molecule has 8 heteroatoms. The Labute approximate surface area is 176 Å². The van der Waals surface area contributed by atoms with Crippen LogP contribution in [0.3, 0.4) is 0 Å². The molecule has 1 saturated heterocycles. The molecule has 1 unspecified atom stereocenters. The van der Waals surface area contributed by atoms with Crippen LogP contribution in [0.2, 0.25) is 0 Å². The number of amides is 1. The van der Waals surface area contributed by atoms with E-state index in [0.717, 1.165) is 22.2 Å². The minimum absolute atomic E-state index is 0.0562. The van der Waals surface area contributed by atoms with Crippen molar-refractivity contribution in [1.29, 1.82) is 0 Å². The van der Waals surface area contributed by atoms with Gasteiger partial charge in [0.2, 0.25) is 5.91 Å². The van der Waals surface area contributed by atoms with Gasteiger partial charge in [0.05, 0.1) is 35.9 Å². The average molecular weight is 430 g/mol. The third-order valence-corrected chi connectivity index (χ3v) is 7.45. The van der Waals surface area contributed by atoms with Gasteiger partial charge in [-0.2, -0.15) is 5.10 Å². The normalized spacial score (nSPS) is 18.4. The van der Waals surface area contributed by atoms with Crippen LogP contribution in [0.5, 0.6) is 0 Å². The van der Waals surface area contributed by atoms with Gasteiger partial charge in [-0.05, 0) is 49.4 Å². The first-order chi connectivity index (χ1) is 14.1. The van der Waals surface area contributed by atoms with Crippen molar-refractivity contribution in [3.8, 4) is 0 Å². The van der Waals surface area contributed by atoms with Crippen LogP contribution in [0.1, 0.15) is 54.6 Å². The lowest BCUT2D eigenvalue weighted by molar-refractivity contribution is -0.115. The Morgan fingerprint density at radius 3 is 2.73 bits per heavy atom. The Bertz CT molecular complexity index is 1220. The standard InChI is InChI=1S/C22H27N3O4S/c1-13(2)18-10-19-16(11-29-20(19)7-14(18)3)9-22(26)23-21-8-15(4)24-25(21)17-5-6-30(27,28)12-17/h7-8,10-11,13,17H,5-6,9,12H2,1-4H3,(H,23,26). The lowest BCUT2D eigenvalue weighted by atomic mass is 9.95. The van der Waals surface area contributed by atoms with Gasteiger partial charge in [-0.3, -0.25) is 4.79 Å². The van der Waals surface area contributed by atoms with Gasteiger partial charge in [-0.25, -0.2) is 13.1 Å². The molecule has 1 aromatic carbocycles. The summed E-state index contributed by atoms with van der Waals surface area (Å²) < 4.78 is 31.0. The molecule has 1 N–H and O–H groups in total. The molecule has 30 heavy (non-hydrogen) atoms. The molecule has 160 valence electrons. The lowest BCUT2D eigenvalue weighted by Crippen LogP contribution is -2.20. The number of carbonyl (C=O) groups is 1. The van der Waals surface area contributed by atoms with E-state index in [4.69, 9.17) is 4.42 Å². The number of nitrogens with one attached hydrogen (secondary N) is 1. The van der Waals surface area contributed by atoms with E-state index in [1.54, 1.807) is 17.0 Å². The monoisotopic (exact) mass is 429 g/mol. The molecular weight excluding hydrogens is 402 g/mol. The largest absolute Gasteiger partial charge is 0.464 e. The summed E-state index contributed by atoms with van der Waals surface area (Å²) in [5.74, 6) is 0.937. The molecule has 1 atom stereocenters. The van der Waals surface area contributed by atoms with Crippen molar-refractivity contribution in [2.75, 3.05) is 16.8 Å². The SMILES string of the molecule is Cc1cc(NC(=O)Cc2coc3cc(C)c(C(C)C)cc23)n(C2CCS(=O)(=O)C2)n1. The minimum atomic E-state index is -3.05. The first-order valence-electron chi connectivity index (χ1n) is 10.2. The van der Waals surface area contributed by atoms with Crippen LogP contribution < -0.4 is 5.32 Å². The Morgan fingerprint density at radius 2 is 2.07 bits per heavy atom. The van der Waals surface area contributed by atoms with E-state index in [-0.39, 0.29) is 29.9 Å². The number of nitrogens with zero attached hydrogens (tertiary/aromatic N) is 2. The highest BCUT2D eigenvalue weighted by molar-refractivity contribution is 7.91. The molecule has 0 spiro atoms. The van der Waals surface area contributed by atoms with Crippen LogP contribution in [0.15, 0.2) is 28.9 Å². The Hall–Kier alpha value is -2.61. The quantitative estimate of drug-likeness (QED) is 0.664. The molecule has 4 rings (SSSR count). The van der Waals surface area contributed by atoms with E-state index in [1.165, 1.54) is 11.1 Å². The van der Waals surface area contributed by atoms with Crippen LogP contribution in [-0.2, 0) is 21.1 Å². The highest BCUT2D eigenvalue weighted by Gasteiger charge is 2.31. The molecule has 1 fully saturated rings. The zero-order valence-electron chi connectivity index (χ0n) is 17.7. The summed E-state index contributed by atoms with van der Waals surface area (Å²) in [4.78, 5) is 12.8. The highest BCUT2D eigenvalue weighted by Crippen LogP contribution is 2.30. The van der Waals surface area contributed by atoms with E-state index in [9.17, 15) is 13.2 Å². The number of hydrogen-bond acceptors (Lipinski definition) is 5. The van der Waals surface area contributed by atoms with Gasteiger partial charge in [0.25, 0.3) is 0 Å². The minimum Gasteiger partial charge on any atom is -0.464 e. The second-order valence-electron chi connectivity index (χ2n) is 8.52. The predicted octanol–water partition coefficient (Wildman–Crippen LogP) is 3.91. The number of hydrogen-bond donors (Lipinski definition) is 1. The highest BCUT2D eigenvalue weighted by atomic mass is 32.2. The molecule has 0 bridgehead atoms. The summed E-state index contributed by atoms with van der Waals surface area (Å²) >= 11 is 0. The van der Waals surface area contributed by atoms with Crippen molar-refractivity contribution in [2.45, 2.75) is 52.5 Å². The fourth-order valence-electron chi connectivity index (χ4n) is 4.22. The maximum absolute atomic E-state index is 12.8. The molecule has 2 aromatic heterocycles. The summed E-state index contributed by atoms with van der Waals surface area (Å²) in [7, 11) is -3.05. The zero-order valence-corrected chi connectivity index (χ0v) is 18.5. The van der Waals surface area contributed by atoms with Gasteiger partial charge in [-0.1, -0.05) is 13.8 Å². The van der Waals surface area contributed by atoms with E-state index in [1.807, 2.05) is 13.0 Å². The number of sulfone groups is 1. The maximum Gasteiger partial charge on any atom is 0.230 e. The molecule has 0 saturated carbocycles. The summed E-state index contributed by atoms with van der Waals surface area (Å²) in [6, 6.07) is 5.66. The van der Waals surface area contributed by atoms with Crippen molar-refractivity contribution in [3.05, 3.63) is 46.8 Å². The fraction of sp³-hybridized carbons (Fsp3) is 0.455. The first kappa shape index (κ1) is 20.7. The molecule has 0 radical (unpaired) electrons. The van der Waals surface area contributed by atoms with Crippen LogP contribution in [0, 0.1) is 13.8 Å². The van der Waals surface area contributed by atoms with E-state index in [2.05, 4.69) is 37.3 Å². The third-order valence-electron chi connectivity index (χ3n) is 5.70. The number of fused-ring (bicyclic) bond motifs is 1. The van der Waals surface area contributed by atoms with E-state index in [0.29, 0.717) is 18.2 Å². The van der Waals surface area contributed by atoms with Crippen LogP contribution in [0.25, 0.3) is 11.0 Å². The van der Waals surface area contributed by atoms with Gasteiger partial charge in [0.15, 0.2) is 9.84 Å². The van der Waals surface area contributed by atoms with Gasteiger partial charge in [0.1, 0.15) is 11.4 Å². The number of carbonyl (C=O) groups excluding carboxylic acids is 1. The molecule has 1 aliphatic heterocycles. The van der Waals surface area contributed by atoms with Crippen molar-refractivity contribution < 1.29 is 17.6 Å². The Balaban J connectivity index is 1.56. The zero-order chi connectivity index (χ0) is 21.6. The number of benzene rings is 1. The van der Waals surface area contributed by atoms with Crippen molar-refractivity contribution in [3.63, 3.8) is 0 Å². The van der Waals surface area contributed by atoms with Crippen molar-refractivity contribution in [1.82, 2.24) is 9.78 Å². The van der Waals surface area contributed by atoms with Crippen LogP contribution in [0.4, 0.5) is 5.82 Å². The molecule has 1 aliphatic rings. The van der Waals surface area contributed by atoms with Crippen LogP contribution in [-0.4, -0.2) is 35.6 Å². The third kappa shape index (κ3) is 4.01. The van der Waals surface area contributed by atoms with Gasteiger partial charge >= 0.3 is 0 Å².